The standard InChI is InChI=1S/C13H17ClFNO3S/c1-4-7-16(9(2)3)13(17)11-8-10(15)5-6-12(11)20(14,18)19/h5-6,8-9H,4,7H2,1-3H3. The van der Waals surface area contributed by atoms with Crippen molar-refractivity contribution in [1.29, 1.82) is 0 Å². The largest absolute Gasteiger partial charge is 0.336 e. The van der Waals surface area contributed by atoms with Crippen LogP contribution in [0.5, 0.6) is 0 Å². The van der Waals surface area contributed by atoms with Gasteiger partial charge in [0, 0.05) is 23.3 Å². The maximum Gasteiger partial charge on any atom is 0.262 e. The maximum absolute atomic E-state index is 13.3. The first-order valence-electron chi connectivity index (χ1n) is 6.23. The van der Waals surface area contributed by atoms with Crippen LogP contribution in [0.3, 0.4) is 0 Å². The van der Waals surface area contributed by atoms with Gasteiger partial charge in [-0.25, -0.2) is 12.8 Å². The van der Waals surface area contributed by atoms with Crippen molar-refractivity contribution in [3.63, 3.8) is 0 Å². The van der Waals surface area contributed by atoms with E-state index in [1.807, 2.05) is 20.8 Å². The first-order chi connectivity index (χ1) is 9.18. The molecule has 0 saturated carbocycles. The highest BCUT2D eigenvalue weighted by Gasteiger charge is 2.26. The summed E-state index contributed by atoms with van der Waals surface area (Å²) in [6.07, 6.45) is 0.711. The molecule has 0 radical (unpaired) electrons. The average Bonchev–Trinajstić information content (AvgIpc) is 2.33. The quantitative estimate of drug-likeness (QED) is 0.783. The van der Waals surface area contributed by atoms with Crippen LogP contribution in [-0.4, -0.2) is 31.8 Å². The summed E-state index contributed by atoms with van der Waals surface area (Å²) in [4.78, 5) is 13.6. The Balaban J connectivity index is 3.37. The SMILES string of the molecule is CCCN(C(=O)c1cc(F)ccc1S(=O)(=O)Cl)C(C)C. The van der Waals surface area contributed by atoms with Crippen LogP contribution in [-0.2, 0) is 9.05 Å². The zero-order chi connectivity index (χ0) is 15.5. The van der Waals surface area contributed by atoms with Gasteiger partial charge in [-0.3, -0.25) is 4.79 Å². The molecule has 1 rings (SSSR count). The summed E-state index contributed by atoms with van der Waals surface area (Å²) >= 11 is 0. The smallest absolute Gasteiger partial charge is 0.262 e. The molecule has 0 saturated heterocycles. The summed E-state index contributed by atoms with van der Waals surface area (Å²) < 4.78 is 36.3. The van der Waals surface area contributed by atoms with Gasteiger partial charge in [0.25, 0.3) is 15.0 Å². The fraction of sp³-hybridized carbons (Fsp3) is 0.462. The lowest BCUT2D eigenvalue weighted by Crippen LogP contribution is -2.38. The topological polar surface area (TPSA) is 54.5 Å². The van der Waals surface area contributed by atoms with Crippen molar-refractivity contribution in [2.75, 3.05) is 6.54 Å². The zero-order valence-corrected chi connectivity index (χ0v) is 13.1. The highest BCUT2D eigenvalue weighted by atomic mass is 35.7. The van der Waals surface area contributed by atoms with Crippen LogP contribution in [0.25, 0.3) is 0 Å². The number of carbonyl (C=O) groups excluding carboxylic acids is 1. The highest BCUT2D eigenvalue weighted by Crippen LogP contribution is 2.23. The second-order valence-corrected chi connectivity index (χ2v) is 7.20. The van der Waals surface area contributed by atoms with Crippen LogP contribution < -0.4 is 0 Å². The molecular weight excluding hydrogens is 305 g/mol. The van der Waals surface area contributed by atoms with Crippen molar-refractivity contribution in [2.24, 2.45) is 0 Å². The normalized spacial score (nSPS) is 11.7. The molecule has 0 bridgehead atoms. The maximum atomic E-state index is 13.3. The molecule has 0 spiro atoms. The van der Waals surface area contributed by atoms with Gasteiger partial charge in [-0.2, -0.15) is 0 Å². The molecule has 1 amide bonds. The predicted octanol–water partition coefficient (Wildman–Crippen LogP) is 3.01. The molecule has 0 aromatic heterocycles. The minimum atomic E-state index is -4.11. The van der Waals surface area contributed by atoms with Crippen LogP contribution in [0.1, 0.15) is 37.6 Å². The van der Waals surface area contributed by atoms with Crippen molar-refractivity contribution in [3.05, 3.63) is 29.6 Å². The first kappa shape index (κ1) is 16.9. The Morgan fingerprint density at radius 1 is 1.40 bits per heavy atom. The van der Waals surface area contributed by atoms with Gasteiger partial charge in [0.2, 0.25) is 0 Å². The fourth-order valence-corrected chi connectivity index (χ4v) is 2.91. The van der Waals surface area contributed by atoms with E-state index in [2.05, 4.69) is 0 Å². The number of nitrogens with zero attached hydrogens (tertiary/aromatic N) is 1. The van der Waals surface area contributed by atoms with Gasteiger partial charge in [0.1, 0.15) is 5.82 Å². The number of carbonyl (C=O) groups is 1. The molecule has 0 aliphatic rings. The Morgan fingerprint density at radius 3 is 2.45 bits per heavy atom. The summed E-state index contributed by atoms with van der Waals surface area (Å²) in [5.41, 5.74) is -0.234. The van der Waals surface area contributed by atoms with Gasteiger partial charge in [0.15, 0.2) is 0 Å². The fourth-order valence-electron chi connectivity index (χ4n) is 1.87. The summed E-state index contributed by atoms with van der Waals surface area (Å²) in [6.45, 7) is 5.96. The summed E-state index contributed by atoms with van der Waals surface area (Å²) in [5, 5.41) is 0. The van der Waals surface area contributed by atoms with Gasteiger partial charge < -0.3 is 4.90 Å². The van der Waals surface area contributed by atoms with Crippen molar-refractivity contribution < 1.29 is 17.6 Å². The van der Waals surface area contributed by atoms with E-state index < -0.39 is 20.8 Å². The predicted molar refractivity (Wildman–Crippen MR) is 75.9 cm³/mol. The van der Waals surface area contributed by atoms with Crippen LogP contribution in [0.2, 0.25) is 0 Å². The van der Waals surface area contributed by atoms with Crippen molar-refractivity contribution >= 4 is 25.6 Å². The monoisotopic (exact) mass is 321 g/mol. The molecule has 0 fully saturated rings. The molecule has 1 aromatic carbocycles. The third-order valence-electron chi connectivity index (χ3n) is 2.78. The van der Waals surface area contributed by atoms with E-state index in [9.17, 15) is 17.6 Å². The van der Waals surface area contributed by atoms with E-state index >= 15 is 0 Å². The van der Waals surface area contributed by atoms with Gasteiger partial charge in [-0.15, -0.1) is 0 Å². The lowest BCUT2D eigenvalue weighted by Gasteiger charge is -2.27. The molecule has 0 N–H and O–H groups in total. The number of halogens is 2. The van der Waals surface area contributed by atoms with E-state index in [1.165, 1.54) is 4.90 Å². The van der Waals surface area contributed by atoms with Crippen LogP contribution in [0, 0.1) is 5.82 Å². The minimum Gasteiger partial charge on any atom is -0.336 e. The van der Waals surface area contributed by atoms with E-state index in [0.717, 1.165) is 18.2 Å². The van der Waals surface area contributed by atoms with Gasteiger partial charge in [-0.05, 0) is 38.5 Å². The Hall–Kier alpha value is -1.14. The Kier molecular flexibility index (Phi) is 5.53. The van der Waals surface area contributed by atoms with Crippen LogP contribution in [0.4, 0.5) is 4.39 Å². The lowest BCUT2D eigenvalue weighted by molar-refractivity contribution is 0.0701. The molecule has 0 unspecified atom stereocenters. The molecule has 0 aliphatic carbocycles. The van der Waals surface area contributed by atoms with Crippen molar-refractivity contribution in [3.8, 4) is 0 Å². The second-order valence-electron chi connectivity index (χ2n) is 4.67. The highest BCUT2D eigenvalue weighted by molar-refractivity contribution is 8.13. The molecule has 0 atom stereocenters. The average molecular weight is 322 g/mol. The van der Waals surface area contributed by atoms with E-state index in [4.69, 9.17) is 10.7 Å². The third-order valence-corrected chi connectivity index (χ3v) is 4.16. The Bertz CT molecular complexity index is 602. The van der Waals surface area contributed by atoms with E-state index in [1.54, 1.807) is 0 Å². The van der Waals surface area contributed by atoms with Gasteiger partial charge in [0.05, 0.1) is 10.5 Å². The molecular formula is C13H17ClFNO3S. The number of amides is 1. The summed E-state index contributed by atoms with van der Waals surface area (Å²) in [5.74, 6) is -1.22. The molecule has 0 aliphatic heterocycles. The molecule has 112 valence electrons. The molecule has 7 heteroatoms. The molecule has 0 heterocycles. The van der Waals surface area contributed by atoms with Crippen LogP contribution >= 0.6 is 10.7 Å². The number of benzene rings is 1. The minimum absolute atomic E-state index is 0.128. The van der Waals surface area contributed by atoms with Crippen molar-refractivity contribution in [2.45, 2.75) is 38.1 Å². The summed E-state index contributed by atoms with van der Waals surface area (Å²) in [7, 11) is 1.19. The number of hydrogen-bond donors (Lipinski definition) is 0. The van der Waals surface area contributed by atoms with Gasteiger partial charge >= 0.3 is 0 Å². The second kappa shape index (κ2) is 6.54. The number of rotatable bonds is 5. The van der Waals surface area contributed by atoms with Crippen LogP contribution in [0.15, 0.2) is 23.1 Å². The Labute approximate surface area is 123 Å². The van der Waals surface area contributed by atoms with Crippen molar-refractivity contribution in [1.82, 2.24) is 4.90 Å². The summed E-state index contributed by atoms with van der Waals surface area (Å²) in [6, 6.07) is 2.75. The molecule has 1 aromatic rings. The Morgan fingerprint density at radius 2 is 2.00 bits per heavy atom. The number of hydrogen-bond acceptors (Lipinski definition) is 3. The van der Waals surface area contributed by atoms with E-state index in [0.29, 0.717) is 13.0 Å². The van der Waals surface area contributed by atoms with Gasteiger partial charge in [-0.1, -0.05) is 6.92 Å². The third kappa shape index (κ3) is 3.93. The van der Waals surface area contributed by atoms with E-state index in [-0.39, 0.29) is 16.5 Å². The molecule has 4 nitrogen and oxygen atoms in total. The first-order valence-corrected chi connectivity index (χ1v) is 8.54. The zero-order valence-electron chi connectivity index (χ0n) is 11.6. The molecule has 20 heavy (non-hydrogen) atoms. The lowest BCUT2D eigenvalue weighted by atomic mass is 10.1.